The first-order valence-corrected chi connectivity index (χ1v) is 5.91. The number of nitrogens with zero attached hydrogens (tertiary/aromatic N) is 1. The number of rotatable bonds is 2. The Morgan fingerprint density at radius 1 is 1.19 bits per heavy atom. The van der Waals surface area contributed by atoms with E-state index in [4.69, 9.17) is 4.74 Å². The van der Waals surface area contributed by atoms with Gasteiger partial charge in [0.05, 0.1) is 5.69 Å². The van der Waals surface area contributed by atoms with Crippen molar-refractivity contribution in [2.75, 3.05) is 11.9 Å². The monoisotopic (exact) mass is 309 g/mol. The minimum atomic E-state index is -4.91. The molecule has 0 radical (unpaired) electrons. The summed E-state index contributed by atoms with van der Waals surface area (Å²) < 4.78 is 58.4. The second kappa shape index (κ2) is 5.79. The van der Waals surface area contributed by atoms with E-state index in [1.807, 2.05) is 0 Å². The lowest BCUT2D eigenvalue weighted by Gasteiger charge is -2.25. The van der Waals surface area contributed by atoms with Crippen molar-refractivity contribution in [1.29, 1.82) is 0 Å². The van der Waals surface area contributed by atoms with Gasteiger partial charge in [0.1, 0.15) is 11.4 Å². The lowest BCUT2D eigenvalue weighted by atomic mass is 10.2. The number of hydrogen-bond acceptors (Lipinski definition) is 3. The highest BCUT2D eigenvalue weighted by atomic mass is 19.4. The van der Waals surface area contributed by atoms with E-state index in [9.17, 15) is 22.4 Å². The van der Waals surface area contributed by atoms with Crippen LogP contribution in [0.5, 0.6) is 5.75 Å². The number of amides is 1. The lowest BCUT2D eigenvalue weighted by molar-refractivity contribution is -0.274. The van der Waals surface area contributed by atoms with Crippen LogP contribution in [-0.2, 0) is 4.74 Å². The molecule has 1 aromatic rings. The summed E-state index contributed by atoms with van der Waals surface area (Å²) in [6.45, 7) is 4.90. The molecule has 0 aromatic heterocycles. The van der Waals surface area contributed by atoms with E-state index < -0.39 is 29.6 Å². The second-order valence-corrected chi connectivity index (χ2v) is 5.20. The van der Waals surface area contributed by atoms with Gasteiger partial charge < -0.3 is 9.47 Å². The fraction of sp³-hybridized carbons (Fsp3) is 0.462. The quantitative estimate of drug-likeness (QED) is 0.772. The number of carbonyl (C=O) groups is 1. The highest BCUT2D eigenvalue weighted by Gasteiger charge is 2.31. The highest BCUT2D eigenvalue weighted by Crippen LogP contribution is 2.28. The molecule has 0 spiro atoms. The minimum Gasteiger partial charge on any atom is -0.443 e. The first kappa shape index (κ1) is 17.1. The van der Waals surface area contributed by atoms with Crippen molar-refractivity contribution >= 4 is 11.8 Å². The molecule has 118 valence electrons. The van der Waals surface area contributed by atoms with E-state index in [-0.39, 0.29) is 5.69 Å². The Balaban J connectivity index is 2.92. The van der Waals surface area contributed by atoms with Crippen LogP contribution in [0, 0.1) is 5.82 Å². The van der Waals surface area contributed by atoms with Crippen LogP contribution in [0.1, 0.15) is 20.8 Å². The summed E-state index contributed by atoms with van der Waals surface area (Å²) in [5.41, 5.74) is -1.000. The standard InChI is InChI=1S/C13H15F4NO3/c1-12(2,3)21-11(19)18(4)10-6-5-8(7-9(10)14)20-13(15,16)17/h5-7H,1-4H3. The summed E-state index contributed by atoms with van der Waals surface area (Å²) in [7, 11) is 1.25. The molecule has 1 aromatic carbocycles. The first-order valence-electron chi connectivity index (χ1n) is 5.91. The van der Waals surface area contributed by atoms with Gasteiger partial charge >= 0.3 is 12.5 Å². The lowest BCUT2D eigenvalue weighted by Crippen LogP contribution is -2.34. The maximum Gasteiger partial charge on any atom is 0.573 e. The third-order valence-electron chi connectivity index (χ3n) is 2.18. The first-order chi connectivity index (χ1) is 9.39. The molecule has 0 atom stereocenters. The summed E-state index contributed by atoms with van der Waals surface area (Å²) in [6.07, 6.45) is -5.74. The van der Waals surface area contributed by atoms with E-state index in [1.165, 1.54) is 7.05 Å². The molecule has 0 heterocycles. The van der Waals surface area contributed by atoms with Crippen LogP contribution < -0.4 is 9.64 Å². The predicted octanol–water partition coefficient (Wildman–Crippen LogP) is 4.10. The predicted molar refractivity (Wildman–Crippen MR) is 67.7 cm³/mol. The molecular formula is C13H15F4NO3. The largest absolute Gasteiger partial charge is 0.573 e. The number of carbonyl (C=O) groups excluding carboxylic acids is 1. The van der Waals surface area contributed by atoms with Gasteiger partial charge in [-0.2, -0.15) is 0 Å². The van der Waals surface area contributed by atoms with Crippen molar-refractivity contribution in [3.63, 3.8) is 0 Å². The number of alkyl halides is 3. The Bertz CT molecular complexity index is 523. The molecule has 0 aliphatic rings. The normalized spacial score (nSPS) is 12.0. The van der Waals surface area contributed by atoms with Gasteiger partial charge in [-0.05, 0) is 32.9 Å². The van der Waals surface area contributed by atoms with E-state index in [1.54, 1.807) is 20.8 Å². The van der Waals surface area contributed by atoms with Gasteiger partial charge in [-0.25, -0.2) is 9.18 Å². The fourth-order valence-corrected chi connectivity index (χ4v) is 1.39. The van der Waals surface area contributed by atoms with E-state index in [0.717, 1.165) is 17.0 Å². The van der Waals surface area contributed by atoms with Gasteiger partial charge in [0.25, 0.3) is 0 Å². The van der Waals surface area contributed by atoms with Crippen LogP contribution in [-0.4, -0.2) is 25.1 Å². The van der Waals surface area contributed by atoms with Crippen LogP contribution in [0.2, 0.25) is 0 Å². The molecule has 1 rings (SSSR count). The van der Waals surface area contributed by atoms with Gasteiger partial charge in [0.15, 0.2) is 5.82 Å². The second-order valence-electron chi connectivity index (χ2n) is 5.20. The molecule has 1 amide bonds. The average Bonchev–Trinajstić information content (AvgIpc) is 2.23. The highest BCUT2D eigenvalue weighted by molar-refractivity contribution is 5.87. The van der Waals surface area contributed by atoms with Crippen LogP contribution in [0.4, 0.5) is 28.0 Å². The van der Waals surface area contributed by atoms with E-state index in [2.05, 4.69) is 4.74 Å². The summed E-state index contributed by atoms with van der Waals surface area (Å²) in [6, 6.07) is 2.46. The number of ether oxygens (including phenoxy) is 2. The molecule has 0 bridgehead atoms. The van der Waals surface area contributed by atoms with Gasteiger partial charge in [-0.3, -0.25) is 4.90 Å². The average molecular weight is 309 g/mol. The van der Waals surface area contributed by atoms with E-state index in [0.29, 0.717) is 6.07 Å². The number of hydrogen-bond donors (Lipinski definition) is 0. The molecule has 0 saturated heterocycles. The zero-order chi connectivity index (χ0) is 16.4. The van der Waals surface area contributed by atoms with Crippen LogP contribution in [0.25, 0.3) is 0 Å². The minimum absolute atomic E-state index is 0.223. The molecule has 8 heteroatoms. The Morgan fingerprint density at radius 3 is 2.19 bits per heavy atom. The number of anilines is 1. The third-order valence-corrected chi connectivity index (χ3v) is 2.18. The van der Waals surface area contributed by atoms with Crippen LogP contribution in [0.15, 0.2) is 18.2 Å². The SMILES string of the molecule is CN(C(=O)OC(C)(C)C)c1ccc(OC(F)(F)F)cc1F. The van der Waals surface area contributed by atoms with Crippen molar-refractivity contribution in [3.8, 4) is 5.75 Å². The summed E-state index contributed by atoms with van der Waals surface area (Å²) in [5, 5.41) is 0. The molecular weight excluding hydrogens is 294 g/mol. The third kappa shape index (κ3) is 5.49. The van der Waals surface area contributed by atoms with Crippen LogP contribution in [0.3, 0.4) is 0 Å². The molecule has 4 nitrogen and oxygen atoms in total. The van der Waals surface area contributed by atoms with Gasteiger partial charge in [-0.15, -0.1) is 13.2 Å². The molecule has 0 aliphatic heterocycles. The summed E-state index contributed by atoms with van der Waals surface area (Å²) in [5.74, 6) is -1.74. The molecule has 0 unspecified atom stereocenters. The Hall–Kier alpha value is -1.99. The zero-order valence-electron chi connectivity index (χ0n) is 11.9. The van der Waals surface area contributed by atoms with Crippen molar-refractivity contribution in [2.24, 2.45) is 0 Å². The summed E-state index contributed by atoms with van der Waals surface area (Å²) >= 11 is 0. The fourth-order valence-electron chi connectivity index (χ4n) is 1.39. The maximum absolute atomic E-state index is 13.8. The summed E-state index contributed by atoms with van der Waals surface area (Å²) in [4.78, 5) is 12.6. The molecule has 0 N–H and O–H groups in total. The van der Waals surface area contributed by atoms with Gasteiger partial charge in [0.2, 0.25) is 0 Å². The van der Waals surface area contributed by atoms with Gasteiger partial charge in [0, 0.05) is 13.1 Å². The Kier molecular flexibility index (Phi) is 4.70. The van der Waals surface area contributed by atoms with Crippen LogP contribution >= 0.6 is 0 Å². The molecule has 21 heavy (non-hydrogen) atoms. The van der Waals surface area contributed by atoms with Crippen molar-refractivity contribution in [1.82, 2.24) is 0 Å². The maximum atomic E-state index is 13.8. The molecule has 0 fully saturated rings. The zero-order valence-corrected chi connectivity index (χ0v) is 11.9. The van der Waals surface area contributed by atoms with Crippen molar-refractivity contribution in [2.45, 2.75) is 32.7 Å². The molecule has 0 aliphatic carbocycles. The number of benzene rings is 1. The topological polar surface area (TPSA) is 38.8 Å². The Morgan fingerprint density at radius 2 is 1.76 bits per heavy atom. The van der Waals surface area contributed by atoms with E-state index >= 15 is 0 Å². The van der Waals surface area contributed by atoms with Crippen molar-refractivity contribution < 1.29 is 31.8 Å². The van der Waals surface area contributed by atoms with Crippen molar-refractivity contribution in [3.05, 3.63) is 24.0 Å². The molecule has 0 saturated carbocycles. The Labute approximate surface area is 119 Å². The smallest absolute Gasteiger partial charge is 0.443 e. The van der Waals surface area contributed by atoms with Gasteiger partial charge in [-0.1, -0.05) is 0 Å². The number of halogens is 4.